The van der Waals surface area contributed by atoms with Crippen molar-refractivity contribution in [2.24, 2.45) is 0 Å². The smallest absolute Gasteiger partial charge is 0.409 e. The summed E-state index contributed by atoms with van der Waals surface area (Å²) in [6.07, 6.45) is 8.87. The molecule has 0 radical (unpaired) electrons. The van der Waals surface area contributed by atoms with Crippen LogP contribution in [0.5, 0.6) is 17.2 Å². The molecular formula is C35H43N3O7. The van der Waals surface area contributed by atoms with E-state index in [2.05, 4.69) is 23.2 Å². The van der Waals surface area contributed by atoms with E-state index in [4.69, 9.17) is 18.9 Å². The molecule has 0 spiro atoms. The fourth-order valence-electron chi connectivity index (χ4n) is 5.59. The summed E-state index contributed by atoms with van der Waals surface area (Å²) in [5.41, 5.74) is 2.52. The number of ether oxygens (including phenoxy) is 4. The second-order valence-corrected chi connectivity index (χ2v) is 11.0. The van der Waals surface area contributed by atoms with Crippen LogP contribution in [0.25, 0.3) is 0 Å². The van der Waals surface area contributed by atoms with Gasteiger partial charge in [0.25, 0.3) is 11.7 Å². The van der Waals surface area contributed by atoms with Crippen LogP contribution in [0.2, 0.25) is 0 Å². The Morgan fingerprint density at radius 3 is 2.22 bits per heavy atom. The highest BCUT2D eigenvalue weighted by atomic mass is 16.6. The van der Waals surface area contributed by atoms with E-state index in [0.717, 1.165) is 32.1 Å². The lowest BCUT2D eigenvalue weighted by Crippen LogP contribution is -2.43. The lowest BCUT2D eigenvalue weighted by molar-refractivity contribution is -0.128. The van der Waals surface area contributed by atoms with Crippen LogP contribution in [0, 0.1) is 0 Å². The molecule has 10 nitrogen and oxygen atoms in total. The van der Waals surface area contributed by atoms with E-state index < -0.39 is 17.8 Å². The molecule has 2 amide bonds. The zero-order valence-corrected chi connectivity index (χ0v) is 26.4. The van der Waals surface area contributed by atoms with Gasteiger partial charge >= 0.3 is 6.09 Å². The Balaban J connectivity index is 1.35. The first kappa shape index (κ1) is 33.3. The van der Waals surface area contributed by atoms with Gasteiger partial charge in [-0.15, -0.1) is 0 Å². The van der Waals surface area contributed by atoms with E-state index in [0.29, 0.717) is 38.2 Å². The predicted molar refractivity (Wildman–Crippen MR) is 170 cm³/mol. The maximum atomic E-state index is 13.4. The van der Waals surface area contributed by atoms with Crippen LogP contribution in [0.15, 0.2) is 67.0 Å². The maximum Gasteiger partial charge on any atom is 0.409 e. The minimum Gasteiger partial charge on any atom is -0.493 e. The molecular weight excluding hydrogens is 574 g/mol. The topological polar surface area (TPSA) is 108 Å². The van der Waals surface area contributed by atoms with E-state index in [-0.39, 0.29) is 29.7 Å². The van der Waals surface area contributed by atoms with Gasteiger partial charge in [0.2, 0.25) is 5.75 Å². The average molecular weight is 618 g/mol. The first-order valence-electron chi connectivity index (χ1n) is 15.4. The Labute approximate surface area is 265 Å². The number of amides is 2. The number of aryl methyl sites for hydroxylation is 2. The largest absolute Gasteiger partial charge is 0.493 e. The van der Waals surface area contributed by atoms with Gasteiger partial charge in [-0.2, -0.15) is 0 Å². The summed E-state index contributed by atoms with van der Waals surface area (Å²) in [7, 11) is 4.37. The van der Waals surface area contributed by atoms with Gasteiger partial charge in [0.1, 0.15) is 6.61 Å². The molecule has 0 unspecified atom stereocenters. The van der Waals surface area contributed by atoms with Crippen molar-refractivity contribution in [3.63, 3.8) is 0 Å². The monoisotopic (exact) mass is 617 g/mol. The molecule has 2 aromatic carbocycles. The van der Waals surface area contributed by atoms with Gasteiger partial charge in [-0.1, -0.05) is 36.4 Å². The minimum atomic E-state index is -0.691. The lowest BCUT2D eigenvalue weighted by Gasteiger charge is -2.26. The Morgan fingerprint density at radius 2 is 1.56 bits per heavy atom. The summed E-state index contributed by atoms with van der Waals surface area (Å²) in [4.78, 5) is 47.4. The highest BCUT2D eigenvalue weighted by Crippen LogP contribution is 2.38. The number of hydrogen-bond donors (Lipinski definition) is 0. The summed E-state index contributed by atoms with van der Waals surface area (Å²) in [5, 5.41) is 0. The summed E-state index contributed by atoms with van der Waals surface area (Å²) in [5.74, 6) is -0.442. The lowest BCUT2D eigenvalue weighted by atomic mass is 10.1. The number of benzene rings is 2. The summed E-state index contributed by atoms with van der Waals surface area (Å²) >= 11 is 0. The normalized spacial score (nSPS) is 14.1. The van der Waals surface area contributed by atoms with Gasteiger partial charge in [-0.3, -0.25) is 14.6 Å². The van der Waals surface area contributed by atoms with Crippen molar-refractivity contribution in [1.82, 2.24) is 14.8 Å². The van der Waals surface area contributed by atoms with E-state index in [1.54, 1.807) is 11.1 Å². The number of Topliss-reactive ketones (excluding diaryl/α,β-unsaturated/α-hetero) is 1. The number of rotatable bonds is 16. The van der Waals surface area contributed by atoms with Gasteiger partial charge < -0.3 is 28.7 Å². The molecule has 4 rings (SSSR count). The van der Waals surface area contributed by atoms with E-state index in [1.807, 2.05) is 30.5 Å². The zero-order chi connectivity index (χ0) is 32.0. The highest BCUT2D eigenvalue weighted by Gasteiger charge is 2.35. The van der Waals surface area contributed by atoms with Crippen LogP contribution >= 0.6 is 0 Å². The third-order valence-electron chi connectivity index (χ3n) is 8.02. The number of likely N-dealkylation sites (tertiary alicyclic amines) is 1. The number of nitrogens with zero attached hydrogens (tertiary/aromatic N) is 3. The molecule has 240 valence electrons. The van der Waals surface area contributed by atoms with Crippen LogP contribution < -0.4 is 14.2 Å². The summed E-state index contributed by atoms with van der Waals surface area (Å²) < 4.78 is 21.8. The first-order valence-corrected chi connectivity index (χ1v) is 15.4. The zero-order valence-electron chi connectivity index (χ0n) is 26.4. The second kappa shape index (κ2) is 17.0. The summed E-state index contributed by atoms with van der Waals surface area (Å²) in [6.45, 7) is 1.57. The maximum absolute atomic E-state index is 13.4. The fraction of sp³-hybridized carbons (Fsp3) is 0.429. The van der Waals surface area contributed by atoms with Gasteiger partial charge in [0, 0.05) is 37.6 Å². The van der Waals surface area contributed by atoms with Crippen LogP contribution in [0.4, 0.5) is 4.79 Å². The predicted octanol–water partition coefficient (Wildman–Crippen LogP) is 5.38. The molecule has 10 heteroatoms. The average Bonchev–Trinajstić information content (AvgIpc) is 3.56. The SMILES string of the molecule is COc1cc(C(=O)C(=O)N2CCC[C@H]2COC(=O)N(CCCCc2cccnc2)CCCc2ccccc2)cc(OC)c1OC. The van der Waals surface area contributed by atoms with Crippen molar-refractivity contribution in [1.29, 1.82) is 0 Å². The molecule has 3 aromatic rings. The van der Waals surface area contributed by atoms with Crippen molar-refractivity contribution in [2.75, 3.05) is 47.6 Å². The van der Waals surface area contributed by atoms with Gasteiger partial charge in [-0.05, 0) is 74.3 Å². The van der Waals surface area contributed by atoms with Crippen LogP contribution in [0.3, 0.4) is 0 Å². The Morgan fingerprint density at radius 1 is 0.867 bits per heavy atom. The summed E-state index contributed by atoms with van der Waals surface area (Å²) in [6, 6.07) is 16.7. The van der Waals surface area contributed by atoms with Crippen LogP contribution in [0.1, 0.15) is 53.6 Å². The second-order valence-electron chi connectivity index (χ2n) is 11.0. The third kappa shape index (κ3) is 9.20. The molecule has 1 aliphatic heterocycles. The molecule has 0 N–H and O–H groups in total. The number of methoxy groups -OCH3 is 3. The first-order chi connectivity index (χ1) is 21.9. The number of carbonyl (C=O) groups is 3. The van der Waals surface area contributed by atoms with Gasteiger partial charge in [0.15, 0.2) is 11.5 Å². The number of ketones is 1. The van der Waals surface area contributed by atoms with E-state index >= 15 is 0 Å². The quantitative estimate of drug-likeness (QED) is 0.120. The van der Waals surface area contributed by atoms with E-state index in [1.165, 1.54) is 49.5 Å². The van der Waals surface area contributed by atoms with Crippen LogP contribution in [-0.2, 0) is 22.4 Å². The van der Waals surface area contributed by atoms with Crippen molar-refractivity contribution in [3.8, 4) is 17.2 Å². The molecule has 1 aliphatic rings. The number of pyridine rings is 1. The number of unbranched alkanes of at least 4 members (excludes halogenated alkanes) is 1. The minimum absolute atomic E-state index is 0.0258. The molecule has 1 atom stereocenters. The Bertz CT molecular complexity index is 1380. The van der Waals surface area contributed by atoms with E-state index in [9.17, 15) is 14.4 Å². The molecule has 2 heterocycles. The van der Waals surface area contributed by atoms with Crippen LogP contribution in [-0.4, -0.2) is 86.2 Å². The molecule has 1 fully saturated rings. The number of aromatic nitrogens is 1. The van der Waals surface area contributed by atoms with Crippen molar-refractivity contribution >= 4 is 17.8 Å². The number of hydrogen-bond acceptors (Lipinski definition) is 8. The molecule has 0 bridgehead atoms. The molecule has 1 aromatic heterocycles. The van der Waals surface area contributed by atoms with Crippen molar-refractivity contribution in [2.45, 2.75) is 51.0 Å². The van der Waals surface area contributed by atoms with Gasteiger partial charge in [0.05, 0.1) is 27.4 Å². The van der Waals surface area contributed by atoms with Crippen molar-refractivity contribution in [3.05, 3.63) is 83.7 Å². The molecule has 1 saturated heterocycles. The Hall–Kier alpha value is -4.60. The third-order valence-corrected chi connectivity index (χ3v) is 8.02. The Kier molecular flexibility index (Phi) is 12.6. The fourth-order valence-corrected chi connectivity index (χ4v) is 5.59. The highest BCUT2D eigenvalue weighted by molar-refractivity contribution is 6.43. The number of carbonyl (C=O) groups excluding carboxylic acids is 3. The van der Waals surface area contributed by atoms with Crippen molar-refractivity contribution < 1.29 is 33.3 Å². The molecule has 45 heavy (non-hydrogen) atoms. The standard InChI is InChI=1S/C35H43N3O7/c1-42-30-22-28(23-31(43-2)33(30)44-3)32(39)34(40)38-21-11-17-29(38)25-45-35(41)37(20-10-16-26-12-5-4-6-13-26)19-8-7-14-27-15-9-18-36-24-27/h4-6,9,12-13,15,18,22-24,29H,7-8,10-11,14,16-17,19-21,25H2,1-3H3/t29-/m0/s1. The van der Waals surface area contributed by atoms with Gasteiger partial charge in [-0.25, -0.2) is 4.79 Å². The molecule has 0 aliphatic carbocycles. The molecule has 0 saturated carbocycles.